The molecule has 0 aromatic heterocycles. The number of hydrogen-bond donors (Lipinski definition) is 1. The lowest BCUT2D eigenvalue weighted by Crippen LogP contribution is -2.39. The molecule has 1 atom stereocenters. The van der Waals surface area contributed by atoms with Gasteiger partial charge in [0.1, 0.15) is 5.75 Å². The number of benzene rings is 1. The van der Waals surface area contributed by atoms with Crippen LogP contribution in [0.3, 0.4) is 0 Å². The first kappa shape index (κ1) is 12.1. The van der Waals surface area contributed by atoms with Crippen molar-refractivity contribution in [2.45, 2.75) is 19.8 Å². The third-order valence-electron chi connectivity index (χ3n) is 3.67. The number of carbonyl (C=O) groups is 1. The lowest BCUT2D eigenvalue weighted by molar-refractivity contribution is 0.0679. The summed E-state index contributed by atoms with van der Waals surface area (Å²) in [6.07, 6.45) is 2.16. The van der Waals surface area contributed by atoms with Crippen molar-refractivity contribution in [3.63, 3.8) is 0 Å². The molecule has 1 unspecified atom stereocenters. The van der Waals surface area contributed by atoms with Gasteiger partial charge in [-0.1, -0.05) is 6.92 Å². The predicted molar refractivity (Wildman–Crippen MR) is 68.5 cm³/mol. The number of nitrogens with zero attached hydrogens (tertiary/aromatic N) is 1. The van der Waals surface area contributed by atoms with E-state index in [1.807, 2.05) is 0 Å². The average molecular weight is 263 g/mol. The summed E-state index contributed by atoms with van der Waals surface area (Å²) in [5, 5.41) is 9.96. The van der Waals surface area contributed by atoms with Crippen LogP contribution < -0.4 is 9.47 Å². The molecule has 1 aromatic rings. The summed E-state index contributed by atoms with van der Waals surface area (Å²) in [6.45, 7) is 3.76. The number of hydrogen-bond acceptors (Lipinski definition) is 4. The molecule has 1 N–H and O–H groups in total. The molecular weight excluding hydrogens is 246 g/mol. The largest absolute Gasteiger partial charge is 0.507 e. The van der Waals surface area contributed by atoms with Gasteiger partial charge in [0.15, 0.2) is 11.5 Å². The number of carbonyl (C=O) groups excluding carboxylic acids is 1. The number of amides is 1. The Kier molecular flexibility index (Phi) is 2.97. The molecule has 2 aliphatic rings. The molecule has 1 fully saturated rings. The molecule has 5 nitrogen and oxygen atoms in total. The molecule has 0 aliphatic carbocycles. The first-order chi connectivity index (χ1) is 9.15. The highest BCUT2D eigenvalue weighted by Gasteiger charge is 2.26. The van der Waals surface area contributed by atoms with Gasteiger partial charge in [-0.2, -0.15) is 0 Å². The van der Waals surface area contributed by atoms with E-state index in [1.54, 1.807) is 11.0 Å². The molecule has 0 saturated carbocycles. The summed E-state index contributed by atoms with van der Waals surface area (Å²) in [5.41, 5.74) is 0.290. The highest BCUT2D eigenvalue weighted by Crippen LogP contribution is 2.38. The zero-order valence-corrected chi connectivity index (χ0v) is 10.9. The summed E-state index contributed by atoms with van der Waals surface area (Å²) in [4.78, 5) is 14.2. The highest BCUT2D eigenvalue weighted by atomic mass is 16.7. The Hall–Kier alpha value is -1.91. The minimum absolute atomic E-state index is 0.0486. The van der Waals surface area contributed by atoms with Crippen molar-refractivity contribution in [2.24, 2.45) is 5.92 Å². The highest BCUT2D eigenvalue weighted by molar-refractivity contribution is 5.97. The third-order valence-corrected chi connectivity index (χ3v) is 3.67. The van der Waals surface area contributed by atoms with E-state index < -0.39 is 0 Å². The number of likely N-dealkylation sites (tertiary alicyclic amines) is 1. The fourth-order valence-electron chi connectivity index (χ4n) is 2.65. The van der Waals surface area contributed by atoms with Gasteiger partial charge in [0.05, 0.1) is 5.56 Å². The van der Waals surface area contributed by atoms with Crippen molar-refractivity contribution >= 4 is 5.91 Å². The zero-order chi connectivity index (χ0) is 13.4. The molecule has 19 heavy (non-hydrogen) atoms. The van der Waals surface area contributed by atoms with Crippen molar-refractivity contribution in [1.29, 1.82) is 0 Å². The lowest BCUT2D eigenvalue weighted by atomic mass is 9.99. The molecule has 0 bridgehead atoms. The Labute approximate surface area is 111 Å². The average Bonchev–Trinajstić information content (AvgIpc) is 2.84. The number of phenolic OH excluding ortho intramolecular Hbond substituents is 1. The van der Waals surface area contributed by atoms with Crippen molar-refractivity contribution in [3.8, 4) is 17.2 Å². The fourth-order valence-corrected chi connectivity index (χ4v) is 2.65. The Balaban J connectivity index is 1.87. The van der Waals surface area contributed by atoms with Crippen LogP contribution in [0.15, 0.2) is 12.1 Å². The van der Waals surface area contributed by atoms with Gasteiger partial charge in [0, 0.05) is 25.2 Å². The van der Waals surface area contributed by atoms with E-state index in [1.165, 1.54) is 6.07 Å². The summed E-state index contributed by atoms with van der Waals surface area (Å²) in [7, 11) is 0. The van der Waals surface area contributed by atoms with Gasteiger partial charge in [-0.3, -0.25) is 4.79 Å². The molecule has 2 aliphatic heterocycles. The maximum Gasteiger partial charge on any atom is 0.257 e. The van der Waals surface area contributed by atoms with Crippen molar-refractivity contribution in [2.75, 3.05) is 19.9 Å². The van der Waals surface area contributed by atoms with Gasteiger partial charge in [-0.25, -0.2) is 0 Å². The first-order valence-electron chi connectivity index (χ1n) is 6.57. The maximum absolute atomic E-state index is 12.4. The van der Waals surface area contributed by atoms with Gasteiger partial charge in [-0.05, 0) is 18.8 Å². The molecule has 1 saturated heterocycles. The molecule has 0 radical (unpaired) electrons. The van der Waals surface area contributed by atoms with Crippen LogP contribution in [0.4, 0.5) is 0 Å². The van der Waals surface area contributed by atoms with E-state index in [0.717, 1.165) is 25.9 Å². The van der Waals surface area contributed by atoms with Crippen LogP contribution in [-0.4, -0.2) is 35.8 Å². The minimum atomic E-state index is -0.137. The van der Waals surface area contributed by atoms with E-state index in [2.05, 4.69) is 6.92 Å². The number of aromatic hydroxyl groups is 1. The van der Waals surface area contributed by atoms with E-state index in [-0.39, 0.29) is 18.4 Å². The quantitative estimate of drug-likeness (QED) is 0.841. The Bertz CT molecular complexity index is 514. The number of rotatable bonds is 1. The second-order valence-electron chi connectivity index (χ2n) is 5.22. The normalized spacial score (nSPS) is 21.5. The van der Waals surface area contributed by atoms with Crippen LogP contribution in [-0.2, 0) is 0 Å². The standard InChI is InChI=1S/C14H17NO4/c1-9-3-2-4-15(7-9)14(17)10-5-12-13(6-11(10)16)19-8-18-12/h5-6,9,16H,2-4,7-8H2,1H3. The molecular formula is C14H17NO4. The zero-order valence-electron chi connectivity index (χ0n) is 10.9. The molecule has 2 heterocycles. The van der Waals surface area contributed by atoms with Crippen LogP contribution in [0.1, 0.15) is 30.1 Å². The molecule has 1 amide bonds. The SMILES string of the molecule is CC1CCCN(C(=O)c2cc3c(cc2O)OCO3)C1. The van der Waals surface area contributed by atoms with Crippen LogP contribution in [0.2, 0.25) is 0 Å². The summed E-state index contributed by atoms with van der Waals surface area (Å²) in [5.74, 6) is 1.33. The predicted octanol–water partition coefficient (Wildman–Crippen LogP) is 1.99. The molecule has 3 rings (SSSR count). The fraction of sp³-hybridized carbons (Fsp3) is 0.500. The van der Waals surface area contributed by atoms with Gasteiger partial charge in [0.25, 0.3) is 5.91 Å². The van der Waals surface area contributed by atoms with Crippen molar-refractivity contribution in [1.82, 2.24) is 4.90 Å². The van der Waals surface area contributed by atoms with Gasteiger partial charge >= 0.3 is 0 Å². The Morgan fingerprint density at radius 1 is 1.37 bits per heavy atom. The van der Waals surface area contributed by atoms with E-state index in [4.69, 9.17) is 9.47 Å². The monoisotopic (exact) mass is 263 g/mol. The topological polar surface area (TPSA) is 59.0 Å². The maximum atomic E-state index is 12.4. The molecule has 5 heteroatoms. The van der Waals surface area contributed by atoms with E-state index in [9.17, 15) is 9.90 Å². The second-order valence-corrected chi connectivity index (χ2v) is 5.22. The number of ether oxygens (including phenoxy) is 2. The lowest BCUT2D eigenvalue weighted by Gasteiger charge is -2.31. The van der Waals surface area contributed by atoms with Crippen LogP contribution in [0.5, 0.6) is 17.2 Å². The summed E-state index contributed by atoms with van der Waals surface area (Å²) in [6, 6.07) is 3.02. The van der Waals surface area contributed by atoms with Gasteiger partial charge in [0.2, 0.25) is 6.79 Å². The smallest absolute Gasteiger partial charge is 0.257 e. The van der Waals surface area contributed by atoms with Gasteiger partial charge in [-0.15, -0.1) is 0 Å². The first-order valence-corrected chi connectivity index (χ1v) is 6.57. The Morgan fingerprint density at radius 3 is 2.84 bits per heavy atom. The number of phenols is 1. The van der Waals surface area contributed by atoms with Crippen LogP contribution in [0.25, 0.3) is 0 Å². The summed E-state index contributed by atoms with van der Waals surface area (Å²) < 4.78 is 10.4. The van der Waals surface area contributed by atoms with Crippen molar-refractivity contribution < 1.29 is 19.4 Å². The second kappa shape index (κ2) is 4.64. The number of fused-ring (bicyclic) bond motifs is 1. The number of piperidine rings is 1. The summed E-state index contributed by atoms with van der Waals surface area (Å²) >= 11 is 0. The minimum Gasteiger partial charge on any atom is -0.507 e. The van der Waals surface area contributed by atoms with E-state index >= 15 is 0 Å². The Morgan fingerprint density at radius 2 is 2.11 bits per heavy atom. The van der Waals surface area contributed by atoms with Crippen LogP contribution in [0, 0.1) is 5.92 Å². The molecule has 0 spiro atoms. The van der Waals surface area contributed by atoms with Gasteiger partial charge < -0.3 is 19.5 Å². The van der Waals surface area contributed by atoms with E-state index in [0.29, 0.717) is 23.0 Å². The van der Waals surface area contributed by atoms with Crippen molar-refractivity contribution in [3.05, 3.63) is 17.7 Å². The molecule has 1 aromatic carbocycles. The molecule has 102 valence electrons. The third kappa shape index (κ3) is 2.20. The van der Waals surface area contributed by atoms with Crippen LogP contribution >= 0.6 is 0 Å².